The van der Waals surface area contributed by atoms with Gasteiger partial charge in [-0.3, -0.25) is 24.4 Å². The lowest BCUT2D eigenvalue weighted by Gasteiger charge is -2.35. The minimum atomic E-state index is -1.88. The van der Waals surface area contributed by atoms with Gasteiger partial charge in [0.1, 0.15) is 18.9 Å². The molecular weight excluding hydrogens is 584 g/mol. The summed E-state index contributed by atoms with van der Waals surface area (Å²) < 4.78 is 12.7. The number of phenolic OH excluding ortho intramolecular Hbond substituents is 1. The molecule has 4 heterocycles. The molecule has 13 nitrogen and oxygen atoms in total. The van der Waals surface area contributed by atoms with Crippen LogP contribution >= 0.6 is 0 Å². The fourth-order valence-corrected chi connectivity index (χ4v) is 6.18. The highest BCUT2D eigenvalue weighted by Gasteiger charge is 2.50. The van der Waals surface area contributed by atoms with Crippen LogP contribution in [0.4, 0.5) is 0 Å². The summed E-state index contributed by atoms with van der Waals surface area (Å²) in [6.45, 7) is 3.15. The van der Waals surface area contributed by atoms with Gasteiger partial charge in [0.25, 0.3) is 5.56 Å². The van der Waals surface area contributed by atoms with Crippen LogP contribution in [0.1, 0.15) is 81.0 Å². The standard InChI is InChI=1S/C32H36N4O9/c1-3-19-20-13-18(37)11-12-24(20)34-29-21(19)16-36-25(29)14-23-22(30(36)41)17-44-31(42)32(23,4-2)45-28(40)15-33-26(38)9-7-5-6-8-10-27(39)35-43/h11-14,37,43H,3-10,15-17H2,1-2H3,(H,33,38)(H,35,39)/t32-/m0/s1. The van der Waals surface area contributed by atoms with Crippen molar-refractivity contribution in [3.05, 3.63) is 56.9 Å². The predicted octanol–water partition coefficient (Wildman–Crippen LogP) is 2.86. The highest BCUT2D eigenvalue weighted by Crippen LogP contribution is 2.42. The molecule has 1 atom stereocenters. The van der Waals surface area contributed by atoms with Crippen molar-refractivity contribution in [1.82, 2.24) is 20.3 Å². The van der Waals surface area contributed by atoms with Crippen molar-refractivity contribution in [2.45, 2.75) is 84.0 Å². The van der Waals surface area contributed by atoms with Crippen molar-refractivity contribution < 1.29 is 39.0 Å². The molecule has 238 valence electrons. The number of rotatable bonds is 12. The Bertz CT molecular complexity index is 1750. The number of aromatic hydroxyl groups is 1. The zero-order chi connectivity index (χ0) is 32.3. The van der Waals surface area contributed by atoms with Crippen molar-refractivity contribution in [2.75, 3.05) is 6.54 Å². The summed E-state index contributed by atoms with van der Waals surface area (Å²) in [5.74, 6) is -2.37. The van der Waals surface area contributed by atoms with Crippen molar-refractivity contribution in [3.63, 3.8) is 0 Å². The number of amides is 2. The van der Waals surface area contributed by atoms with E-state index in [4.69, 9.17) is 19.7 Å². The number of phenols is 1. The molecule has 0 spiro atoms. The maximum Gasteiger partial charge on any atom is 0.355 e. The molecule has 0 bridgehead atoms. The molecule has 2 aromatic heterocycles. The summed E-state index contributed by atoms with van der Waals surface area (Å²) >= 11 is 0. The number of benzene rings is 1. The number of nitrogens with zero attached hydrogens (tertiary/aromatic N) is 2. The molecule has 4 N–H and O–H groups in total. The lowest BCUT2D eigenvalue weighted by molar-refractivity contribution is -0.189. The molecule has 3 aromatic rings. The second-order valence-corrected chi connectivity index (χ2v) is 11.2. The number of carbonyl (C=O) groups is 4. The summed E-state index contributed by atoms with van der Waals surface area (Å²) in [7, 11) is 0. The first kappa shape index (κ1) is 31.6. The Morgan fingerprint density at radius 1 is 1.04 bits per heavy atom. The van der Waals surface area contributed by atoms with E-state index in [1.54, 1.807) is 41.2 Å². The van der Waals surface area contributed by atoms with Crippen LogP contribution in [-0.4, -0.2) is 50.2 Å². The number of pyridine rings is 2. The first-order valence-electron chi connectivity index (χ1n) is 15.1. The number of hydrogen-bond acceptors (Lipinski definition) is 10. The first-order valence-corrected chi connectivity index (χ1v) is 15.1. The van der Waals surface area contributed by atoms with Gasteiger partial charge < -0.3 is 24.5 Å². The number of carbonyl (C=O) groups excluding carboxylic acids is 4. The third-order valence-corrected chi connectivity index (χ3v) is 8.51. The van der Waals surface area contributed by atoms with Crippen molar-refractivity contribution in [2.24, 2.45) is 0 Å². The number of ether oxygens (including phenoxy) is 2. The average molecular weight is 621 g/mol. The number of hydroxylamine groups is 1. The van der Waals surface area contributed by atoms with Crippen LogP contribution in [0.25, 0.3) is 22.3 Å². The molecule has 45 heavy (non-hydrogen) atoms. The van der Waals surface area contributed by atoms with Crippen LogP contribution < -0.4 is 16.4 Å². The number of fused-ring (bicyclic) bond motifs is 5. The van der Waals surface area contributed by atoms with Gasteiger partial charge in [-0.05, 0) is 55.5 Å². The highest BCUT2D eigenvalue weighted by atomic mass is 16.6. The van der Waals surface area contributed by atoms with Gasteiger partial charge in [0, 0.05) is 29.4 Å². The molecule has 0 aliphatic carbocycles. The molecule has 0 unspecified atom stereocenters. The van der Waals surface area contributed by atoms with E-state index >= 15 is 0 Å². The number of esters is 2. The van der Waals surface area contributed by atoms with Crippen LogP contribution in [-0.2, 0) is 53.8 Å². The highest BCUT2D eigenvalue weighted by molar-refractivity contribution is 5.91. The maximum atomic E-state index is 13.8. The number of nitrogens with one attached hydrogen (secondary N) is 2. The van der Waals surface area contributed by atoms with E-state index in [2.05, 4.69) is 5.32 Å². The first-order chi connectivity index (χ1) is 21.6. The Morgan fingerprint density at radius 3 is 2.47 bits per heavy atom. The number of aromatic nitrogens is 2. The second kappa shape index (κ2) is 13.1. The fourth-order valence-electron chi connectivity index (χ4n) is 6.18. The maximum absolute atomic E-state index is 13.8. The molecular formula is C32H36N4O9. The normalized spacial score (nSPS) is 16.4. The SMILES string of the molecule is CCc1c2c(nc3ccc(O)cc13)-c1cc3c(c(=O)n1C2)COC(=O)[C@@]3(CC)OC(=O)CNC(=O)CCCCCCC(=O)NO. The quantitative estimate of drug-likeness (QED) is 0.0794. The summed E-state index contributed by atoms with van der Waals surface area (Å²) in [5.41, 5.74) is 3.30. The minimum absolute atomic E-state index is 0.00674. The summed E-state index contributed by atoms with van der Waals surface area (Å²) in [5, 5.41) is 21.9. The number of cyclic esters (lactones) is 1. The van der Waals surface area contributed by atoms with Gasteiger partial charge in [0.05, 0.1) is 29.0 Å². The molecule has 0 fully saturated rings. The summed E-state index contributed by atoms with van der Waals surface area (Å²) in [6.07, 6.45) is 3.49. The zero-order valence-electron chi connectivity index (χ0n) is 25.2. The number of hydrogen-bond donors (Lipinski definition) is 4. The lowest BCUT2D eigenvalue weighted by atomic mass is 9.85. The molecule has 0 saturated heterocycles. The molecule has 2 aliphatic heterocycles. The van der Waals surface area contributed by atoms with Gasteiger partial charge in [-0.25, -0.2) is 15.3 Å². The van der Waals surface area contributed by atoms with Crippen LogP contribution in [0, 0.1) is 0 Å². The summed E-state index contributed by atoms with van der Waals surface area (Å²) in [4.78, 5) is 68.3. The van der Waals surface area contributed by atoms with Crippen LogP contribution in [0.15, 0.2) is 29.1 Å². The third kappa shape index (κ3) is 5.99. The average Bonchev–Trinajstić information content (AvgIpc) is 3.40. The van der Waals surface area contributed by atoms with E-state index in [0.29, 0.717) is 49.0 Å². The van der Waals surface area contributed by atoms with E-state index in [0.717, 1.165) is 16.5 Å². The van der Waals surface area contributed by atoms with Gasteiger partial charge >= 0.3 is 11.9 Å². The fraction of sp³-hybridized carbons (Fsp3) is 0.438. The van der Waals surface area contributed by atoms with E-state index in [1.165, 1.54) is 0 Å². The molecule has 5 rings (SSSR count). The van der Waals surface area contributed by atoms with Gasteiger partial charge in [0.15, 0.2) is 0 Å². The van der Waals surface area contributed by atoms with E-state index in [9.17, 15) is 29.1 Å². The zero-order valence-corrected chi connectivity index (χ0v) is 25.2. The van der Waals surface area contributed by atoms with E-state index in [1.807, 2.05) is 6.92 Å². The minimum Gasteiger partial charge on any atom is -0.508 e. The van der Waals surface area contributed by atoms with Gasteiger partial charge in [0.2, 0.25) is 17.4 Å². The smallest absolute Gasteiger partial charge is 0.355 e. The van der Waals surface area contributed by atoms with Crippen LogP contribution in [0.3, 0.4) is 0 Å². The molecule has 13 heteroatoms. The Labute approximate surface area is 258 Å². The topological polar surface area (TPSA) is 186 Å². The van der Waals surface area contributed by atoms with Crippen molar-refractivity contribution in [3.8, 4) is 17.1 Å². The molecule has 2 aliphatic rings. The molecule has 1 aromatic carbocycles. The van der Waals surface area contributed by atoms with Gasteiger partial charge in [-0.1, -0.05) is 26.7 Å². The monoisotopic (exact) mass is 620 g/mol. The lowest BCUT2D eigenvalue weighted by Crippen LogP contribution is -2.48. The number of aryl methyl sites for hydroxylation is 1. The second-order valence-electron chi connectivity index (χ2n) is 11.2. The van der Waals surface area contributed by atoms with E-state index in [-0.39, 0.29) is 60.8 Å². The molecule has 2 amide bonds. The van der Waals surface area contributed by atoms with Gasteiger partial charge in [-0.2, -0.15) is 0 Å². The predicted molar refractivity (Wildman–Crippen MR) is 160 cm³/mol. The van der Waals surface area contributed by atoms with Crippen molar-refractivity contribution in [1.29, 1.82) is 0 Å². The Morgan fingerprint density at radius 2 is 1.78 bits per heavy atom. The largest absolute Gasteiger partial charge is 0.508 e. The van der Waals surface area contributed by atoms with Crippen LogP contribution in [0.5, 0.6) is 5.75 Å². The van der Waals surface area contributed by atoms with Crippen LogP contribution in [0.2, 0.25) is 0 Å². The third-order valence-electron chi connectivity index (χ3n) is 8.51. The molecule has 0 saturated carbocycles. The Hall–Kier alpha value is -4.78. The van der Waals surface area contributed by atoms with Gasteiger partial charge in [-0.15, -0.1) is 0 Å². The number of unbranched alkanes of at least 4 members (excludes halogenated alkanes) is 3. The Balaban J connectivity index is 1.35. The molecule has 0 radical (unpaired) electrons. The Kier molecular flexibility index (Phi) is 9.19. The van der Waals surface area contributed by atoms with E-state index < -0.39 is 30.0 Å². The summed E-state index contributed by atoms with van der Waals surface area (Å²) in [6, 6.07) is 6.61. The van der Waals surface area contributed by atoms with Crippen molar-refractivity contribution >= 4 is 34.7 Å².